The number of alkyl halides is 1. The summed E-state index contributed by atoms with van der Waals surface area (Å²) in [6.07, 6.45) is 0.631. The van der Waals surface area contributed by atoms with Gasteiger partial charge in [0.25, 0.3) is 8.32 Å². The quantitative estimate of drug-likeness (QED) is 0.298. The van der Waals surface area contributed by atoms with Crippen LogP contribution in [0.4, 0.5) is 0 Å². The van der Waals surface area contributed by atoms with Crippen molar-refractivity contribution in [1.82, 2.24) is 0 Å². The van der Waals surface area contributed by atoms with Gasteiger partial charge in [-0.1, -0.05) is 104 Å². The maximum atomic E-state index is 7.07. The molecule has 2 aliphatic heterocycles. The zero-order chi connectivity index (χ0) is 22.3. The van der Waals surface area contributed by atoms with Crippen molar-refractivity contribution in [2.45, 2.75) is 74.3 Å². The van der Waals surface area contributed by atoms with Crippen molar-refractivity contribution in [3.05, 3.63) is 60.7 Å². The average molecular weight is 553 g/mol. The lowest BCUT2D eigenvalue weighted by molar-refractivity contribution is -0.204. The summed E-state index contributed by atoms with van der Waals surface area (Å²) in [5.74, 6) is -0.563. The SMILES string of the molecule is CC1(C)O[C@@H]2O[C@@H]([C@@H](I)CO[Si](c3ccccc3)(c3ccccc3)C(C)(C)C)C[C@@H]2O1. The molecule has 4 nitrogen and oxygen atoms in total. The number of rotatable bonds is 6. The van der Waals surface area contributed by atoms with E-state index in [4.69, 9.17) is 18.6 Å². The predicted molar refractivity (Wildman–Crippen MR) is 135 cm³/mol. The van der Waals surface area contributed by atoms with E-state index in [1.54, 1.807) is 0 Å². The molecule has 0 N–H and O–H groups in total. The summed E-state index contributed by atoms with van der Waals surface area (Å²) in [6.45, 7) is 11.4. The number of halogens is 1. The summed E-state index contributed by atoms with van der Waals surface area (Å²) in [7, 11) is -2.54. The normalized spacial score (nSPS) is 26.6. The van der Waals surface area contributed by atoms with Crippen LogP contribution in [0, 0.1) is 0 Å². The van der Waals surface area contributed by atoms with E-state index in [1.807, 2.05) is 13.8 Å². The molecule has 0 aliphatic carbocycles. The van der Waals surface area contributed by atoms with Gasteiger partial charge in [-0.15, -0.1) is 0 Å². The van der Waals surface area contributed by atoms with Gasteiger partial charge in [0.05, 0.1) is 10.0 Å². The van der Waals surface area contributed by atoms with Crippen LogP contribution in [-0.2, 0) is 18.6 Å². The maximum Gasteiger partial charge on any atom is 0.261 e. The van der Waals surface area contributed by atoms with Crippen LogP contribution in [0.3, 0.4) is 0 Å². The second kappa shape index (κ2) is 8.87. The minimum Gasteiger partial charge on any atom is -0.406 e. The van der Waals surface area contributed by atoms with Gasteiger partial charge in [0, 0.05) is 13.0 Å². The van der Waals surface area contributed by atoms with Crippen LogP contribution in [0.1, 0.15) is 41.0 Å². The van der Waals surface area contributed by atoms with Gasteiger partial charge in [0.2, 0.25) is 0 Å². The highest BCUT2D eigenvalue weighted by Gasteiger charge is 2.52. The monoisotopic (exact) mass is 552 g/mol. The lowest BCUT2D eigenvalue weighted by atomic mass is 10.1. The number of benzene rings is 2. The maximum absolute atomic E-state index is 7.07. The van der Waals surface area contributed by atoms with E-state index in [1.165, 1.54) is 10.4 Å². The predicted octanol–water partition coefficient (Wildman–Crippen LogP) is 4.63. The van der Waals surface area contributed by atoms with Crippen molar-refractivity contribution >= 4 is 41.3 Å². The Bertz CT molecular complexity index is 813. The third-order valence-corrected chi connectivity index (χ3v) is 12.4. The second-order valence-electron chi connectivity index (χ2n) is 9.94. The fraction of sp³-hybridized carbons (Fsp3) is 0.520. The summed E-state index contributed by atoms with van der Waals surface area (Å²) < 4.78 is 25.4. The van der Waals surface area contributed by atoms with Gasteiger partial charge in [0.1, 0.15) is 6.10 Å². The summed E-state index contributed by atoms with van der Waals surface area (Å²) in [4.78, 5) is 0. The molecule has 2 aromatic carbocycles. The van der Waals surface area contributed by atoms with Crippen LogP contribution in [-0.4, -0.2) is 43.1 Å². The molecule has 2 heterocycles. The van der Waals surface area contributed by atoms with Crippen molar-refractivity contribution in [3.8, 4) is 0 Å². The molecule has 2 aliphatic rings. The van der Waals surface area contributed by atoms with Gasteiger partial charge in [-0.3, -0.25) is 0 Å². The van der Waals surface area contributed by atoms with E-state index in [0.717, 1.165) is 6.42 Å². The Labute approximate surface area is 200 Å². The standard InChI is InChI=1S/C25H33IO4Si/c1-24(2,3)31(18-12-8-6-9-13-18,19-14-10-7-11-15-19)27-17-20(26)21-16-22-23(28-21)30-25(4,5)29-22/h6-15,20-23H,16-17H2,1-5H3/t20-,21+,22-,23-/m0/s1. The third kappa shape index (κ3) is 4.65. The smallest absolute Gasteiger partial charge is 0.261 e. The Hall–Kier alpha value is -0.773. The van der Waals surface area contributed by atoms with Crippen molar-refractivity contribution in [3.63, 3.8) is 0 Å². The number of hydrogen-bond donors (Lipinski definition) is 0. The van der Waals surface area contributed by atoms with Gasteiger partial charge in [-0.2, -0.15) is 0 Å². The minimum atomic E-state index is -2.54. The van der Waals surface area contributed by atoms with Crippen LogP contribution in [0.2, 0.25) is 5.04 Å². The molecule has 0 radical (unpaired) electrons. The molecule has 0 saturated carbocycles. The molecular weight excluding hydrogens is 519 g/mol. The zero-order valence-electron chi connectivity index (χ0n) is 19.0. The van der Waals surface area contributed by atoms with E-state index >= 15 is 0 Å². The molecule has 2 saturated heterocycles. The Morgan fingerprint density at radius 2 is 1.55 bits per heavy atom. The minimum absolute atomic E-state index is 0.00475. The molecular formula is C25H33IO4Si. The Balaban J connectivity index is 1.58. The van der Waals surface area contributed by atoms with Crippen LogP contribution >= 0.6 is 22.6 Å². The van der Waals surface area contributed by atoms with Gasteiger partial charge >= 0.3 is 0 Å². The highest BCUT2D eigenvalue weighted by molar-refractivity contribution is 14.1. The molecule has 6 heteroatoms. The first-order chi connectivity index (χ1) is 14.6. The molecule has 2 aromatic rings. The van der Waals surface area contributed by atoms with E-state index in [9.17, 15) is 0 Å². The Kier molecular flexibility index (Phi) is 6.69. The summed E-state index contributed by atoms with van der Waals surface area (Å²) >= 11 is 2.48. The fourth-order valence-corrected chi connectivity index (χ4v) is 10.4. The van der Waals surface area contributed by atoms with Gasteiger partial charge in [-0.05, 0) is 29.3 Å². The summed E-state index contributed by atoms with van der Waals surface area (Å²) in [5, 5.41) is 2.57. The van der Waals surface area contributed by atoms with E-state index in [2.05, 4.69) is 104 Å². The van der Waals surface area contributed by atoms with Crippen LogP contribution < -0.4 is 10.4 Å². The molecule has 0 aromatic heterocycles. The molecule has 31 heavy (non-hydrogen) atoms. The average Bonchev–Trinajstić information content (AvgIpc) is 3.22. The van der Waals surface area contributed by atoms with Crippen molar-refractivity contribution in [1.29, 1.82) is 0 Å². The fourth-order valence-electron chi connectivity index (χ4n) is 4.84. The molecule has 0 amide bonds. The largest absolute Gasteiger partial charge is 0.406 e. The first kappa shape index (κ1) is 23.4. The molecule has 0 spiro atoms. The van der Waals surface area contributed by atoms with Crippen molar-refractivity contribution in [2.24, 2.45) is 0 Å². The Morgan fingerprint density at radius 1 is 1.00 bits per heavy atom. The highest BCUT2D eigenvalue weighted by atomic mass is 127. The van der Waals surface area contributed by atoms with E-state index in [-0.39, 0.29) is 27.5 Å². The topological polar surface area (TPSA) is 36.9 Å². The lowest BCUT2D eigenvalue weighted by Crippen LogP contribution is -2.67. The first-order valence-corrected chi connectivity index (χ1v) is 14.2. The molecule has 0 unspecified atom stereocenters. The molecule has 2 fully saturated rings. The van der Waals surface area contributed by atoms with Crippen LogP contribution in [0.25, 0.3) is 0 Å². The molecule has 4 rings (SSSR count). The van der Waals surface area contributed by atoms with Gasteiger partial charge < -0.3 is 18.6 Å². The zero-order valence-corrected chi connectivity index (χ0v) is 22.2. The number of ether oxygens (including phenoxy) is 3. The van der Waals surface area contributed by atoms with E-state index in [0.29, 0.717) is 6.61 Å². The third-order valence-electron chi connectivity index (χ3n) is 6.19. The van der Waals surface area contributed by atoms with E-state index < -0.39 is 14.1 Å². The summed E-state index contributed by atoms with van der Waals surface area (Å²) in [5.41, 5.74) is 0. The Morgan fingerprint density at radius 3 is 2.03 bits per heavy atom. The molecule has 0 bridgehead atoms. The lowest BCUT2D eigenvalue weighted by Gasteiger charge is -2.43. The first-order valence-electron chi connectivity index (χ1n) is 11.0. The summed E-state index contributed by atoms with van der Waals surface area (Å²) in [6, 6.07) is 21.5. The van der Waals surface area contributed by atoms with Crippen LogP contribution in [0.15, 0.2) is 60.7 Å². The number of fused-ring (bicyclic) bond motifs is 1. The van der Waals surface area contributed by atoms with Gasteiger partial charge in [-0.25, -0.2) is 0 Å². The number of hydrogen-bond acceptors (Lipinski definition) is 4. The van der Waals surface area contributed by atoms with Crippen molar-refractivity contribution in [2.75, 3.05) is 6.61 Å². The van der Waals surface area contributed by atoms with Gasteiger partial charge in [0.15, 0.2) is 12.1 Å². The van der Waals surface area contributed by atoms with Crippen LogP contribution in [0.5, 0.6) is 0 Å². The molecule has 168 valence electrons. The second-order valence-corrected chi connectivity index (χ2v) is 15.8. The molecule has 4 atom stereocenters. The van der Waals surface area contributed by atoms with Crippen molar-refractivity contribution < 1.29 is 18.6 Å². The highest BCUT2D eigenvalue weighted by Crippen LogP contribution is 2.41.